The number of urea groups is 1. The summed E-state index contributed by atoms with van der Waals surface area (Å²) in [6.07, 6.45) is 0.783. The molecule has 0 radical (unpaired) electrons. The molecule has 1 aromatic heterocycles. The molecule has 1 aromatic rings. The maximum Gasteiger partial charge on any atom is 0.338 e. The minimum absolute atomic E-state index is 0.00787. The molecule has 7 heteroatoms. The minimum atomic E-state index is -1.02. The Balaban J connectivity index is 2.16. The van der Waals surface area contributed by atoms with Gasteiger partial charge < -0.3 is 14.7 Å². The van der Waals surface area contributed by atoms with Crippen LogP contribution in [0.5, 0.6) is 0 Å². The molecule has 0 aromatic carbocycles. The van der Waals surface area contributed by atoms with Gasteiger partial charge in [0.25, 0.3) is 0 Å². The Morgan fingerprint density at radius 1 is 1.43 bits per heavy atom. The summed E-state index contributed by atoms with van der Waals surface area (Å²) in [5, 5.41) is 12.4. The van der Waals surface area contributed by atoms with Gasteiger partial charge in [0.05, 0.1) is 17.7 Å². The molecule has 1 fully saturated rings. The van der Waals surface area contributed by atoms with Crippen LogP contribution in [0.3, 0.4) is 0 Å². The van der Waals surface area contributed by atoms with E-state index in [2.05, 4.69) is 5.32 Å². The number of thiophene rings is 1. The number of carboxylic acid groups (broad SMARTS) is 1. The largest absolute Gasteiger partial charge is 0.478 e. The van der Waals surface area contributed by atoms with Crippen molar-refractivity contribution in [1.82, 2.24) is 4.90 Å². The first-order chi connectivity index (χ1) is 9.82. The zero-order valence-corrected chi connectivity index (χ0v) is 13.4. The van der Waals surface area contributed by atoms with Crippen molar-refractivity contribution in [3.05, 3.63) is 16.0 Å². The molecule has 0 saturated carbocycles. The standard InChI is InChI=1S/C14H20N2O4S/c1-7-9(3)21-12(11(7)13(17)18)15-14(19)16(4)10-5-6-20-8(10)2/h8,10H,5-6H2,1-4H3,(H,15,19)(H,17,18). The van der Waals surface area contributed by atoms with Gasteiger partial charge in [-0.2, -0.15) is 0 Å². The number of nitrogens with zero attached hydrogens (tertiary/aromatic N) is 1. The van der Waals surface area contributed by atoms with Crippen LogP contribution in [0, 0.1) is 13.8 Å². The van der Waals surface area contributed by atoms with Gasteiger partial charge in [-0.1, -0.05) is 0 Å². The number of hydrogen-bond donors (Lipinski definition) is 2. The smallest absolute Gasteiger partial charge is 0.338 e. The van der Waals surface area contributed by atoms with Crippen LogP contribution in [-0.4, -0.2) is 47.8 Å². The van der Waals surface area contributed by atoms with E-state index < -0.39 is 5.97 Å². The molecule has 1 aliphatic rings. The zero-order chi connectivity index (χ0) is 15.7. The molecule has 2 N–H and O–H groups in total. The fraction of sp³-hybridized carbons (Fsp3) is 0.571. The lowest BCUT2D eigenvalue weighted by Gasteiger charge is -2.26. The van der Waals surface area contributed by atoms with Crippen LogP contribution >= 0.6 is 11.3 Å². The fourth-order valence-electron chi connectivity index (χ4n) is 2.54. The zero-order valence-electron chi connectivity index (χ0n) is 12.6. The van der Waals surface area contributed by atoms with E-state index >= 15 is 0 Å². The molecule has 1 saturated heterocycles. The number of carboxylic acids is 1. The fourth-order valence-corrected chi connectivity index (χ4v) is 3.58. The Morgan fingerprint density at radius 2 is 2.10 bits per heavy atom. The molecular formula is C14H20N2O4S. The van der Waals surface area contributed by atoms with Crippen molar-refractivity contribution in [2.24, 2.45) is 0 Å². The van der Waals surface area contributed by atoms with Crippen molar-refractivity contribution in [2.75, 3.05) is 19.0 Å². The van der Waals surface area contributed by atoms with Crippen LogP contribution in [0.4, 0.5) is 9.80 Å². The summed E-state index contributed by atoms with van der Waals surface area (Å²) in [6.45, 7) is 6.17. The van der Waals surface area contributed by atoms with Gasteiger partial charge in [0, 0.05) is 18.5 Å². The molecule has 116 valence electrons. The lowest BCUT2D eigenvalue weighted by Crippen LogP contribution is -2.43. The Hall–Kier alpha value is -1.60. The van der Waals surface area contributed by atoms with Crippen molar-refractivity contribution in [1.29, 1.82) is 0 Å². The summed E-state index contributed by atoms with van der Waals surface area (Å²) in [6, 6.07) is -0.290. The van der Waals surface area contributed by atoms with E-state index in [1.807, 2.05) is 13.8 Å². The van der Waals surface area contributed by atoms with Gasteiger partial charge in [0.15, 0.2) is 0 Å². The third-order valence-corrected chi connectivity index (χ3v) is 5.10. The number of ether oxygens (including phenoxy) is 1. The van der Waals surface area contributed by atoms with Gasteiger partial charge in [-0.05, 0) is 32.8 Å². The van der Waals surface area contributed by atoms with Crippen LogP contribution in [0.1, 0.15) is 34.1 Å². The number of carbonyl (C=O) groups excluding carboxylic acids is 1. The lowest BCUT2D eigenvalue weighted by atomic mass is 10.1. The monoisotopic (exact) mass is 312 g/mol. The summed E-state index contributed by atoms with van der Waals surface area (Å²) >= 11 is 1.29. The SMILES string of the molecule is Cc1sc(NC(=O)N(C)C2CCOC2C)c(C(=O)O)c1C. The molecule has 2 amide bonds. The highest BCUT2D eigenvalue weighted by Crippen LogP contribution is 2.32. The molecule has 2 heterocycles. The summed E-state index contributed by atoms with van der Waals surface area (Å²) < 4.78 is 5.46. The van der Waals surface area contributed by atoms with Gasteiger partial charge >= 0.3 is 12.0 Å². The quantitative estimate of drug-likeness (QED) is 0.899. The first-order valence-corrected chi connectivity index (χ1v) is 7.63. The van der Waals surface area contributed by atoms with Crippen LogP contribution in [0.25, 0.3) is 0 Å². The van der Waals surface area contributed by atoms with E-state index in [0.29, 0.717) is 17.2 Å². The summed E-state index contributed by atoms with van der Waals surface area (Å²) in [7, 11) is 1.71. The number of nitrogens with one attached hydrogen (secondary N) is 1. The molecule has 2 atom stereocenters. The van der Waals surface area contributed by atoms with E-state index in [1.165, 1.54) is 11.3 Å². The highest BCUT2D eigenvalue weighted by Gasteiger charge is 2.31. The third kappa shape index (κ3) is 3.03. The van der Waals surface area contributed by atoms with E-state index in [0.717, 1.165) is 11.3 Å². The Bertz CT molecular complexity index is 570. The molecule has 0 aliphatic carbocycles. The van der Waals surface area contributed by atoms with Crippen LogP contribution in [-0.2, 0) is 4.74 Å². The van der Waals surface area contributed by atoms with E-state index in [1.54, 1.807) is 18.9 Å². The molecule has 6 nitrogen and oxygen atoms in total. The average molecular weight is 312 g/mol. The predicted octanol–water partition coefficient (Wildman–Crippen LogP) is 2.70. The Kier molecular flexibility index (Phi) is 4.53. The van der Waals surface area contributed by atoms with Gasteiger partial charge in [0.2, 0.25) is 0 Å². The number of anilines is 1. The van der Waals surface area contributed by atoms with Crippen molar-refractivity contribution in [3.8, 4) is 0 Å². The minimum Gasteiger partial charge on any atom is -0.478 e. The van der Waals surface area contributed by atoms with Gasteiger partial charge in [-0.3, -0.25) is 5.32 Å². The highest BCUT2D eigenvalue weighted by molar-refractivity contribution is 7.16. The Morgan fingerprint density at radius 3 is 2.62 bits per heavy atom. The highest BCUT2D eigenvalue weighted by atomic mass is 32.1. The van der Waals surface area contributed by atoms with Gasteiger partial charge in [-0.15, -0.1) is 11.3 Å². The molecule has 2 rings (SSSR count). The summed E-state index contributed by atoms with van der Waals surface area (Å²) in [5.74, 6) is -1.02. The number of aryl methyl sites for hydroxylation is 1. The molecule has 21 heavy (non-hydrogen) atoms. The first-order valence-electron chi connectivity index (χ1n) is 6.81. The number of hydrogen-bond acceptors (Lipinski definition) is 4. The second-order valence-electron chi connectivity index (χ2n) is 5.27. The summed E-state index contributed by atoms with van der Waals surface area (Å²) in [4.78, 5) is 26.1. The second kappa shape index (κ2) is 6.03. The van der Waals surface area contributed by atoms with E-state index in [9.17, 15) is 14.7 Å². The van der Waals surface area contributed by atoms with Crippen LogP contribution < -0.4 is 5.32 Å². The van der Waals surface area contributed by atoms with E-state index in [4.69, 9.17) is 4.74 Å². The molecule has 0 bridgehead atoms. The third-order valence-electron chi connectivity index (χ3n) is 3.97. The van der Waals surface area contributed by atoms with Crippen molar-refractivity contribution in [2.45, 2.75) is 39.3 Å². The molecule has 0 spiro atoms. The van der Waals surface area contributed by atoms with E-state index in [-0.39, 0.29) is 23.7 Å². The topological polar surface area (TPSA) is 78.9 Å². The average Bonchev–Trinajstić information content (AvgIpc) is 2.93. The van der Waals surface area contributed by atoms with Crippen LogP contribution in [0.2, 0.25) is 0 Å². The van der Waals surface area contributed by atoms with Crippen molar-refractivity contribution in [3.63, 3.8) is 0 Å². The van der Waals surface area contributed by atoms with Crippen LogP contribution in [0.15, 0.2) is 0 Å². The maximum atomic E-state index is 12.3. The van der Waals surface area contributed by atoms with Crippen molar-refractivity contribution < 1.29 is 19.4 Å². The number of rotatable bonds is 3. The van der Waals surface area contributed by atoms with Gasteiger partial charge in [0.1, 0.15) is 5.00 Å². The number of amides is 2. The predicted molar refractivity (Wildman–Crippen MR) is 81.4 cm³/mol. The molecule has 1 aliphatic heterocycles. The maximum absolute atomic E-state index is 12.3. The second-order valence-corrected chi connectivity index (χ2v) is 6.49. The first kappa shape index (κ1) is 15.8. The van der Waals surface area contributed by atoms with Crippen molar-refractivity contribution >= 4 is 28.3 Å². The van der Waals surface area contributed by atoms with Gasteiger partial charge in [-0.25, -0.2) is 9.59 Å². The number of likely N-dealkylation sites (N-methyl/N-ethyl adjacent to an activating group) is 1. The normalized spacial score (nSPS) is 21.3. The molecular weight excluding hydrogens is 292 g/mol. The Labute approximate surface area is 127 Å². The summed E-state index contributed by atoms with van der Waals surface area (Å²) in [5.41, 5.74) is 0.873. The number of carbonyl (C=O) groups is 2. The molecule has 2 unspecified atom stereocenters. The lowest BCUT2D eigenvalue weighted by molar-refractivity contribution is 0.0697. The number of aromatic carboxylic acids is 1.